The van der Waals surface area contributed by atoms with Gasteiger partial charge in [-0.15, -0.1) is 0 Å². The molecule has 0 unspecified atom stereocenters. The van der Waals surface area contributed by atoms with Crippen molar-refractivity contribution in [3.05, 3.63) is 10.1 Å². The zero-order chi connectivity index (χ0) is 11.1. The van der Waals surface area contributed by atoms with Crippen LogP contribution in [0.1, 0.15) is 0 Å². The molecule has 11 heteroatoms. The van der Waals surface area contributed by atoms with Crippen LogP contribution in [0.5, 0.6) is 0 Å². The number of carbonyl (C=O) groups excluding carboxylic acids is 2. The third-order valence-corrected chi connectivity index (χ3v) is 2.19. The number of urea groups is 1. The molecule has 0 aromatic heterocycles. The third kappa shape index (κ3) is 1.49. The molecule has 0 aromatic rings. The summed E-state index contributed by atoms with van der Waals surface area (Å²) in [4.78, 5) is 31.7. The number of carbonyl (C=O) groups is 2. The molecule has 1 rings (SSSR count). The minimum Gasteiger partial charge on any atom is -0.269 e. The molecule has 14 heavy (non-hydrogen) atoms. The van der Waals surface area contributed by atoms with Gasteiger partial charge < -0.3 is 0 Å². The molecule has 3 amide bonds. The summed E-state index contributed by atoms with van der Waals surface area (Å²) < 4.78 is 28.9. The van der Waals surface area contributed by atoms with E-state index in [0.717, 1.165) is 0 Å². The lowest BCUT2D eigenvalue weighted by molar-refractivity contribution is -0.610. The molecule has 10 nitrogen and oxygen atoms in total. The quantitative estimate of drug-likeness (QED) is 0.254. The van der Waals surface area contributed by atoms with Gasteiger partial charge in [0.1, 0.15) is 6.54 Å². The minimum atomic E-state index is -4.93. The van der Waals surface area contributed by atoms with E-state index < -0.39 is 38.8 Å². The van der Waals surface area contributed by atoms with Crippen LogP contribution in [-0.4, -0.2) is 45.8 Å². The van der Waals surface area contributed by atoms with Crippen molar-refractivity contribution in [2.24, 2.45) is 0 Å². The molecule has 0 atom stereocenters. The minimum absolute atomic E-state index is 0.307. The number of hydrogen-bond donors (Lipinski definition) is 1. The molecule has 0 spiro atoms. The normalized spacial score (nSPS) is 17.8. The van der Waals surface area contributed by atoms with E-state index in [4.69, 9.17) is 4.55 Å². The maximum absolute atomic E-state index is 10.9. The highest BCUT2D eigenvalue weighted by Crippen LogP contribution is 2.13. The molecule has 0 aromatic carbocycles. The summed E-state index contributed by atoms with van der Waals surface area (Å²) in [6.45, 7) is -1.07. The second kappa shape index (κ2) is 2.88. The van der Waals surface area contributed by atoms with Gasteiger partial charge in [-0.3, -0.25) is 9.35 Å². The van der Waals surface area contributed by atoms with Crippen molar-refractivity contribution < 1.29 is 27.6 Å². The Labute approximate surface area is 76.7 Å². The molecule has 1 saturated heterocycles. The van der Waals surface area contributed by atoms with E-state index in [0.29, 0.717) is 0 Å². The third-order valence-electron chi connectivity index (χ3n) is 1.35. The molecule has 0 aliphatic carbocycles. The van der Waals surface area contributed by atoms with Gasteiger partial charge in [0, 0.05) is 5.01 Å². The Morgan fingerprint density at radius 2 is 1.93 bits per heavy atom. The molecule has 1 aliphatic rings. The summed E-state index contributed by atoms with van der Waals surface area (Å²) >= 11 is 0. The SMILES string of the molecule is O=C1CN(S(=O)(=O)O)C(=O)N1[N+](=O)[O-]. The van der Waals surface area contributed by atoms with Crippen LogP contribution in [0.3, 0.4) is 0 Å². The first-order valence-corrected chi connectivity index (χ1v) is 4.41. The molecule has 78 valence electrons. The van der Waals surface area contributed by atoms with Gasteiger partial charge in [0.15, 0.2) is 5.03 Å². The fourth-order valence-electron chi connectivity index (χ4n) is 0.811. The van der Waals surface area contributed by atoms with E-state index in [-0.39, 0.29) is 4.31 Å². The van der Waals surface area contributed by atoms with Crippen LogP contribution in [-0.2, 0) is 15.1 Å². The van der Waals surface area contributed by atoms with Crippen LogP contribution in [0, 0.1) is 10.1 Å². The number of hydrazine groups is 1. The number of imide groups is 1. The van der Waals surface area contributed by atoms with Gasteiger partial charge in [-0.25, -0.2) is 14.9 Å². The number of hydrogen-bond acceptors (Lipinski definition) is 6. The van der Waals surface area contributed by atoms with Gasteiger partial charge in [-0.05, 0) is 0 Å². The lowest BCUT2D eigenvalue weighted by Gasteiger charge is -2.06. The highest BCUT2D eigenvalue weighted by molar-refractivity contribution is 7.84. The van der Waals surface area contributed by atoms with Crippen LogP contribution in [0.2, 0.25) is 0 Å². The lowest BCUT2D eigenvalue weighted by Crippen LogP contribution is -2.39. The fraction of sp³-hybridized carbons (Fsp3) is 0.333. The van der Waals surface area contributed by atoms with E-state index in [2.05, 4.69) is 0 Å². The van der Waals surface area contributed by atoms with Crippen LogP contribution in [0.4, 0.5) is 4.79 Å². The highest BCUT2D eigenvalue weighted by Gasteiger charge is 2.49. The van der Waals surface area contributed by atoms with Gasteiger partial charge in [0.05, 0.1) is 0 Å². The molecule has 1 N–H and O–H groups in total. The predicted molar refractivity (Wildman–Crippen MR) is 37.5 cm³/mol. The zero-order valence-electron chi connectivity index (χ0n) is 6.35. The first kappa shape index (κ1) is 10.3. The van der Waals surface area contributed by atoms with Crippen LogP contribution >= 0.6 is 0 Å². The van der Waals surface area contributed by atoms with Gasteiger partial charge >= 0.3 is 22.2 Å². The molecule has 0 radical (unpaired) electrons. The van der Waals surface area contributed by atoms with Crippen LogP contribution in [0.15, 0.2) is 0 Å². The Morgan fingerprint density at radius 3 is 2.14 bits per heavy atom. The first-order valence-electron chi connectivity index (χ1n) is 3.01. The van der Waals surface area contributed by atoms with Crippen LogP contribution < -0.4 is 0 Å². The van der Waals surface area contributed by atoms with E-state index >= 15 is 0 Å². The van der Waals surface area contributed by atoms with Gasteiger partial charge in [-0.2, -0.15) is 12.7 Å². The smallest absolute Gasteiger partial charge is 0.269 e. The van der Waals surface area contributed by atoms with Crippen molar-refractivity contribution in [1.82, 2.24) is 9.31 Å². The number of nitrogens with zero attached hydrogens (tertiary/aromatic N) is 3. The highest BCUT2D eigenvalue weighted by atomic mass is 32.2. The summed E-state index contributed by atoms with van der Waals surface area (Å²) in [7, 11) is -4.93. The molecule has 1 fully saturated rings. The van der Waals surface area contributed by atoms with Crippen molar-refractivity contribution >= 4 is 22.2 Å². The number of rotatable bonds is 2. The van der Waals surface area contributed by atoms with Gasteiger partial charge in [0.2, 0.25) is 0 Å². The van der Waals surface area contributed by atoms with Crippen molar-refractivity contribution in [2.45, 2.75) is 0 Å². The van der Waals surface area contributed by atoms with E-state index in [1.54, 1.807) is 0 Å². The average molecular weight is 225 g/mol. The Kier molecular flexibility index (Phi) is 2.13. The van der Waals surface area contributed by atoms with Crippen molar-refractivity contribution in [1.29, 1.82) is 0 Å². The largest absolute Gasteiger partial charge is 0.403 e. The molecule has 1 heterocycles. The van der Waals surface area contributed by atoms with Crippen molar-refractivity contribution in [3.63, 3.8) is 0 Å². The predicted octanol–water partition coefficient (Wildman–Crippen LogP) is -1.75. The van der Waals surface area contributed by atoms with E-state index in [1.807, 2.05) is 0 Å². The molecule has 1 aliphatic heterocycles. The van der Waals surface area contributed by atoms with Crippen LogP contribution in [0.25, 0.3) is 0 Å². The second-order valence-electron chi connectivity index (χ2n) is 2.21. The van der Waals surface area contributed by atoms with E-state index in [9.17, 15) is 28.1 Å². The topological polar surface area (TPSA) is 138 Å². The monoisotopic (exact) mass is 225 g/mol. The number of amides is 3. The summed E-state index contributed by atoms with van der Waals surface area (Å²) in [6.07, 6.45) is 0. The molecule has 0 bridgehead atoms. The molecular weight excluding hydrogens is 222 g/mol. The zero-order valence-corrected chi connectivity index (χ0v) is 7.17. The van der Waals surface area contributed by atoms with Crippen molar-refractivity contribution in [2.75, 3.05) is 6.54 Å². The lowest BCUT2D eigenvalue weighted by atomic mass is 10.6. The molecular formula is C3H3N3O7S. The summed E-state index contributed by atoms with van der Waals surface area (Å²) in [6, 6.07) is -1.71. The maximum Gasteiger partial charge on any atom is 0.403 e. The summed E-state index contributed by atoms with van der Waals surface area (Å²) in [5.41, 5.74) is 0. The molecule has 0 saturated carbocycles. The Hall–Kier alpha value is -1.75. The summed E-state index contributed by atoms with van der Waals surface area (Å²) in [5.74, 6) is -1.34. The Balaban J connectivity index is 3.08. The first-order chi connectivity index (χ1) is 6.25. The fourth-order valence-corrected chi connectivity index (χ4v) is 1.36. The van der Waals surface area contributed by atoms with Crippen molar-refractivity contribution in [3.8, 4) is 0 Å². The maximum atomic E-state index is 10.9. The average Bonchev–Trinajstić information content (AvgIpc) is 2.24. The number of nitro groups is 1. The Morgan fingerprint density at radius 1 is 1.43 bits per heavy atom. The van der Waals surface area contributed by atoms with E-state index in [1.165, 1.54) is 0 Å². The summed E-state index contributed by atoms with van der Waals surface area (Å²) in [5, 5.41) is 8.22. The standard InChI is InChI=1S/C3H3N3O7S/c7-2-1-4(14(11,12)13)3(8)5(2)6(9)10/h1H2,(H,11,12,13). The Bertz CT molecular complexity index is 412. The van der Waals surface area contributed by atoms with Gasteiger partial charge in [0.25, 0.3) is 0 Å². The van der Waals surface area contributed by atoms with Gasteiger partial charge in [-0.1, -0.05) is 0 Å². The second-order valence-corrected chi connectivity index (χ2v) is 3.55.